The Morgan fingerprint density at radius 1 is 1.20 bits per heavy atom. The van der Waals surface area contributed by atoms with Crippen molar-refractivity contribution in [2.75, 3.05) is 0 Å². The zero-order valence-corrected chi connectivity index (χ0v) is 6.09. The maximum atomic E-state index is 2.32. The van der Waals surface area contributed by atoms with Crippen molar-refractivity contribution in [3.63, 3.8) is 0 Å². The minimum Gasteiger partial charge on any atom is -0.0773 e. The van der Waals surface area contributed by atoms with Gasteiger partial charge >= 0.3 is 0 Å². The highest BCUT2D eigenvalue weighted by atomic mass is 14.2. The van der Waals surface area contributed by atoms with Crippen molar-refractivity contribution in [3.05, 3.63) is 36.0 Å². The first kappa shape index (κ1) is 5.96. The van der Waals surface area contributed by atoms with E-state index < -0.39 is 0 Å². The summed E-state index contributed by atoms with van der Waals surface area (Å²) in [7, 11) is 0. The molecule has 0 bridgehead atoms. The van der Waals surface area contributed by atoms with Crippen LogP contribution in [0, 0.1) is 5.92 Å². The molecular weight excluding hydrogens is 120 g/mol. The van der Waals surface area contributed by atoms with Crippen molar-refractivity contribution >= 4 is 0 Å². The molecule has 0 spiro atoms. The van der Waals surface area contributed by atoms with E-state index in [4.69, 9.17) is 0 Å². The normalized spacial score (nSPS) is 29.6. The van der Waals surface area contributed by atoms with Gasteiger partial charge in [0, 0.05) is 0 Å². The SMILES string of the molecule is C1=CC=C2CCCC2C=C1. The molecule has 0 aromatic carbocycles. The molecule has 52 valence electrons. The second-order valence-electron chi connectivity index (χ2n) is 3.01. The lowest BCUT2D eigenvalue weighted by Gasteiger charge is -2.02. The number of allylic oxidation sites excluding steroid dienone is 6. The third-order valence-electron chi connectivity index (χ3n) is 2.33. The fourth-order valence-corrected chi connectivity index (χ4v) is 1.77. The van der Waals surface area contributed by atoms with E-state index in [9.17, 15) is 0 Å². The molecule has 0 aliphatic heterocycles. The molecule has 2 aliphatic rings. The van der Waals surface area contributed by atoms with Crippen LogP contribution >= 0.6 is 0 Å². The van der Waals surface area contributed by atoms with Gasteiger partial charge in [-0.2, -0.15) is 0 Å². The number of hydrogen-bond donors (Lipinski definition) is 0. The molecule has 0 amide bonds. The Balaban J connectivity index is 2.29. The molecule has 1 saturated carbocycles. The molecule has 0 heterocycles. The molecule has 0 saturated heterocycles. The van der Waals surface area contributed by atoms with Crippen LogP contribution in [0.5, 0.6) is 0 Å². The molecule has 0 heteroatoms. The molecule has 1 atom stereocenters. The van der Waals surface area contributed by atoms with E-state index in [0.717, 1.165) is 5.92 Å². The molecular formula is C10H12. The van der Waals surface area contributed by atoms with Crippen LogP contribution in [0.3, 0.4) is 0 Å². The molecule has 1 fully saturated rings. The standard InChI is InChI=1S/C10H12/c1-2-5-9-7-4-8-10(9)6-3-1/h1-3,5-6,9H,4,7-8H2. The van der Waals surface area contributed by atoms with Crippen molar-refractivity contribution in [2.24, 2.45) is 5.92 Å². The minimum atomic E-state index is 0.773. The van der Waals surface area contributed by atoms with Gasteiger partial charge in [-0.3, -0.25) is 0 Å². The Kier molecular flexibility index (Phi) is 1.46. The predicted octanol–water partition coefficient (Wildman–Crippen LogP) is 2.84. The van der Waals surface area contributed by atoms with Crippen LogP contribution in [0.1, 0.15) is 19.3 Å². The van der Waals surface area contributed by atoms with Gasteiger partial charge in [0.25, 0.3) is 0 Å². The lowest BCUT2D eigenvalue weighted by Crippen LogP contribution is -1.88. The maximum Gasteiger partial charge on any atom is -0.00169 e. The smallest absolute Gasteiger partial charge is 0.00169 e. The zero-order valence-electron chi connectivity index (χ0n) is 6.09. The van der Waals surface area contributed by atoms with Crippen LogP contribution in [-0.2, 0) is 0 Å². The predicted molar refractivity (Wildman–Crippen MR) is 43.7 cm³/mol. The number of fused-ring (bicyclic) bond motifs is 1. The summed E-state index contributed by atoms with van der Waals surface area (Å²) in [5.41, 5.74) is 1.63. The Bertz CT molecular complexity index is 206. The molecule has 0 aromatic rings. The van der Waals surface area contributed by atoms with Crippen molar-refractivity contribution in [2.45, 2.75) is 19.3 Å². The van der Waals surface area contributed by atoms with Gasteiger partial charge in [-0.1, -0.05) is 36.0 Å². The minimum absolute atomic E-state index is 0.773. The highest BCUT2D eigenvalue weighted by Gasteiger charge is 2.17. The zero-order chi connectivity index (χ0) is 6.81. The van der Waals surface area contributed by atoms with E-state index in [1.807, 2.05) is 0 Å². The highest BCUT2D eigenvalue weighted by molar-refractivity contribution is 5.28. The highest BCUT2D eigenvalue weighted by Crippen LogP contribution is 2.32. The summed E-state index contributed by atoms with van der Waals surface area (Å²) in [4.78, 5) is 0. The van der Waals surface area contributed by atoms with Crippen molar-refractivity contribution in [1.29, 1.82) is 0 Å². The van der Waals surface area contributed by atoms with E-state index >= 15 is 0 Å². The van der Waals surface area contributed by atoms with E-state index in [1.54, 1.807) is 5.57 Å². The van der Waals surface area contributed by atoms with Gasteiger partial charge in [0.15, 0.2) is 0 Å². The topological polar surface area (TPSA) is 0 Å². The third kappa shape index (κ3) is 0.942. The van der Waals surface area contributed by atoms with E-state index in [1.165, 1.54) is 19.3 Å². The quantitative estimate of drug-likeness (QED) is 0.475. The van der Waals surface area contributed by atoms with Crippen LogP contribution in [0.4, 0.5) is 0 Å². The van der Waals surface area contributed by atoms with Gasteiger partial charge in [-0.25, -0.2) is 0 Å². The monoisotopic (exact) mass is 132 g/mol. The molecule has 0 radical (unpaired) electrons. The molecule has 1 unspecified atom stereocenters. The summed E-state index contributed by atoms with van der Waals surface area (Å²) in [5, 5.41) is 0. The molecule has 10 heavy (non-hydrogen) atoms. The fourth-order valence-electron chi connectivity index (χ4n) is 1.77. The second-order valence-corrected chi connectivity index (χ2v) is 3.01. The first-order valence-corrected chi connectivity index (χ1v) is 4.01. The van der Waals surface area contributed by atoms with Gasteiger partial charge < -0.3 is 0 Å². The Morgan fingerprint density at radius 2 is 2.20 bits per heavy atom. The average molecular weight is 132 g/mol. The molecule has 0 N–H and O–H groups in total. The molecule has 0 nitrogen and oxygen atoms in total. The number of rotatable bonds is 0. The van der Waals surface area contributed by atoms with Gasteiger partial charge in [0.05, 0.1) is 0 Å². The van der Waals surface area contributed by atoms with Crippen molar-refractivity contribution < 1.29 is 0 Å². The lowest BCUT2D eigenvalue weighted by atomic mass is 10.0. The fraction of sp³-hybridized carbons (Fsp3) is 0.400. The second kappa shape index (κ2) is 2.45. The van der Waals surface area contributed by atoms with Gasteiger partial charge in [0.2, 0.25) is 0 Å². The average Bonchev–Trinajstić information content (AvgIpc) is 2.28. The summed E-state index contributed by atoms with van der Waals surface area (Å²) >= 11 is 0. The largest absolute Gasteiger partial charge is 0.0773 e. The summed E-state index contributed by atoms with van der Waals surface area (Å²) in [5.74, 6) is 0.773. The van der Waals surface area contributed by atoms with Gasteiger partial charge in [0.1, 0.15) is 0 Å². The number of hydrogen-bond acceptors (Lipinski definition) is 0. The van der Waals surface area contributed by atoms with Crippen molar-refractivity contribution in [1.82, 2.24) is 0 Å². The van der Waals surface area contributed by atoms with Gasteiger partial charge in [-0.05, 0) is 25.2 Å². The third-order valence-corrected chi connectivity index (χ3v) is 2.33. The van der Waals surface area contributed by atoms with Crippen LogP contribution < -0.4 is 0 Å². The van der Waals surface area contributed by atoms with Crippen LogP contribution in [0.25, 0.3) is 0 Å². The molecule has 2 aliphatic carbocycles. The Morgan fingerprint density at radius 3 is 3.20 bits per heavy atom. The maximum absolute atomic E-state index is 2.32. The molecule has 0 aromatic heterocycles. The Hall–Kier alpha value is -0.780. The summed E-state index contributed by atoms with van der Waals surface area (Å²) in [6, 6.07) is 0. The summed E-state index contributed by atoms with van der Waals surface area (Å²) < 4.78 is 0. The first-order chi connectivity index (χ1) is 4.97. The Labute approximate surface area is 61.9 Å². The van der Waals surface area contributed by atoms with E-state index in [-0.39, 0.29) is 0 Å². The molecule has 2 rings (SSSR count). The van der Waals surface area contributed by atoms with Gasteiger partial charge in [-0.15, -0.1) is 0 Å². The van der Waals surface area contributed by atoms with E-state index in [2.05, 4.69) is 30.4 Å². The summed E-state index contributed by atoms with van der Waals surface area (Å²) in [6.07, 6.45) is 15.1. The van der Waals surface area contributed by atoms with Crippen LogP contribution in [0.2, 0.25) is 0 Å². The van der Waals surface area contributed by atoms with E-state index in [0.29, 0.717) is 0 Å². The van der Waals surface area contributed by atoms with Crippen LogP contribution in [0.15, 0.2) is 36.0 Å². The van der Waals surface area contributed by atoms with Crippen molar-refractivity contribution in [3.8, 4) is 0 Å². The van der Waals surface area contributed by atoms with Crippen LogP contribution in [-0.4, -0.2) is 0 Å². The lowest BCUT2D eigenvalue weighted by molar-refractivity contribution is 0.766. The first-order valence-electron chi connectivity index (χ1n) is 4.01. The summed E-state index contributed by atoms with van der Waals surface area (Å²) in [6.45, 7) is 0.